The number of urea groups is 1. The molecule has 3 saturated heterocycles. The fourth-order valence-electron chi connectivity index (χ4n) is 3.73. The van der Waals surface area contributed by atoms with Gasteiger partial charge in [0, 0.05) is 38.7 Å². The first kappa shape index (κ1) is 17.0. The Bertz CT molecular complexity index is 527. The fourth-order valence-corrected chi connectivity index (χ4v) is 4.97. The highest BCUT2D eigenvalue weighted by Crippen LogP contribution is 2.28. The maximum atomic E-state index is 12.4. The number of nitrogens with one attached hydrogen (secondary N) is 1. The Kier molecular flexibility index (Phi) is 5.13. The highest BCUT2D eigenvalue weighted by atomic mass is 32.2. The smallest absolute Gasteiger partial charge is 0.317 e. The van der Waals surface area contributed by atoms with Crippen molar-refractivity contribution in [3.63, 3.8) is 0 Å². The summed E-state index contributed by atoms with van der Waals surface area (Å²) < 4.78 is 30.6. The Hall–Kier alpha value is -0.860. The molecule has 0 aromatic heterocycles. The maximum Gasteiger partial charge on any atom is 0.317 e. The van der Waals surface area contributed by atoms with Crippen molar-refractivity contribution in [1.82, 2.24) is 14.5 Å². The molecule has 2 atom stereocenters. The molecule has 3 rings (SSSR count). The summed E-state index contributed by atoms with van der Waals surface area (Å²) in [6, 6.07) is 0.177. The number of rotatable bonds is 5. The summed E-state index contributed by atoms with van der Waals surface area (Å²) >= 11 is 0. The van der Waals surface area contributed by atoms with E-state index in [4.69, 9.17) is 4.74 Å². The molecule has 0 bridgehead atoms. The molecule has 0 aromatic carbocycles. The van der Waals surface area contributed by atoms with Crippen LogP contribution in [-0.4, -0.2) is 74.3 Å². The quantitative estimate of drug-likeness (QED) is 0.792. The molecule has 3 heterocycles. The Balaban J connectivity index is 1.43. The van der Waals surface area contributed by atoms with Gasteiger partial charge >= 0.3 is 6.03 Å². The third kappa shape index (κ3) is 3.64. The highest BCUT2D eigenvalue weighted by molar-refractivity contribution is 7.89. The van der Waals surface area contributed by atoms with Gasteiger partial charge in [0.2, 0.25) is 10.0 Å². The molecule has 7 nitrogen and oxygen atoms in total. The van der Waals surface area contributed by atoms with E-state index in [-0.39, 0.29) is 29.8 Å². The molecule has 3 aliphatic heterocycles. The van der Waals surface area contributed by atoms with E-state index in [9.17, 15) is 13.2 Å². The number of sulfonamides is 1. The standard InChI is InChI=1S/C15H27N3O4S/c1-2-23(20,21)17-10-12(11-17)9-16-15(19)18-7-3-5-13(18)14-6-4-8-22-14/h12-14H,2-11H2,1H3,(H,16,19)/t13-,14+/m0/s1. The van der Waals surface area contributed by atoms with Crippen LogP contribution < -0.4 is 5.32 Å². The predicted octanol–water partition coefficient (Wildman–Crippen LogP) is 0.621. The summed E-state index contributed by atoms with van der Waals surface area (Å²) in [5.41, 5.74) is 0. The summed E-state index contributed by atoms with van der Waals surface area (Å²) in [5, 5.41) is 2.98. The van der Waals surface area contributed by atoms with Crippen molar-refractivity contribution in [3.8, 4) is 0 Å². The molecule has 0 aromatic rings. The van der Waals surface area contributed by atoms with Gasteiger partial charge in [-0.3, -0.25) is 0 Å². The van der Waals surface area contributed by atoms with Crippen molar-refractivity contribution in [3.05, 3.63) is 0 Å². The van der Waals surface area contributed by atoms with Gasteiger partial charge in [-0.15, -0.1) is 0 Å². The molecule has 0 unspecified atom stereocenters. The highest BCUT2D eigenvalue weighted by Gasteiger charge is 2.38. The van der Waals surface area contributed by atoms with Crippen LogP contribution in [0.1, 0.15) is 32.6 Å². The second-order valence-electron chi connectivity index (χ2n) is 6.72. The van der Waals surface area contributed by atoms with Gasteiger partial charge in [-0.25, -0.2) is 17.5 Å². The van der Waals surface area contributed by atoms with E-state index >= 15 is 0 Å². The van der Waals surface area contributed by atoms with E-state index in [0.29, 0.717) is 19.6 Å². The van der Waals surface area contributed by atoms with E-state index in [2.05, 4.69) is 5.32 Å². The van der Waals surface area contributed by atoms with Gasteiger partial charge in [0.1, 0.15) is 0 Å². The average molecular weight is 345 g/mol. The minimum atomic E-state index is -3.07. The summed E-state index contributed by atoms with van der Waals surface area (Å²) in [5.74, 6) is 0.368. The Morgan fingerprint density at radius 3 is 2.70 bits per heavy atom. The van der Waals surface area contributed by atoms with Crippen LogP contribution in [0.4, 0.5) is 4.79 Å². The molecular weight excluding hydrogens is 318 g/mol. The van der Waals surface area contributed by atoms with Crippen LogP contribution in [0, 0.1) is 5.92 Å². The molecule has 3 fully saturated rings. The molecule has 2 amide bonds. The molecule has 3 aliphatic rings. The molecule has 23 heavy (non-hydrogen) atoms. The molecule has 0 saturated carbocycles. The maximum absolute atomic E-state index is 12.4. The van der Waals surface area contributed by atoms with Crippen LogP contribution in [0.5, 0.6) is 0 Å². The first-order chi connectivity index (χ1) is 11.0. The van der Waals surface area contributed by atoms with E-state index in [0.717, 1.165) is 38.8 Å². The molecule has 0 spiro atoms. The number of likely N-dealkylation sites (tertiary alicyclic amines) is 1. The number of ether oxygens (including phenoxy) is 1. The van der Waals surface area contributed by atoms with Crippen molar-refractivity contribution >= 4 is 16.1 Å². The van der Waals surface area contributed by atoms with Crippen LogP contribution in [0.3, 0.4) is 0 Å². The summed E-state index contributed by atoms with van der Waals surface area (Å²) in [4.78, 5) is 14.3. The van der Waals surface area contributed by atoms with Crippen LogP contribution >= 0.6 is 0 Å². The molecular formula is C15H27N3O4S. The van der Waals surface area contributed by atoms with Crippen molar-refractivity contribution < 1.29 is 17.9 Å². The monoisotopic (exact) mass is 345 g/mol. The normalized spacial score (nSPS) is 29.7. The van der Waals surface area contributed by atoms with Gasteiger partial charge in [0.05, 0.1) is 17.9 Å². The molecule has 132 valence electrons. The zero-order chi connectivity index (χ0) is 16.4. The fraction of sp³-hybridized carbons (Fsp3) is 0.933. The van der Waals surface area contributed by atoms with Crippen molar-refractivity contribution in [2.75, 3.05) is 38.5 Å². The van der Waals surface area contributed by atoms with E-state index in [1.165, 1.54) is 4.31 Å². The Morgan fingerprint density at radius 2 is 2.04 bits per heavy atom. The molecule has 0 radical (unpaired) electrons. The average Bonchev–Trinajstić information content (AvgIpc) is 3.15. The van der Waals surface area contributed by atoms with Crippen molar-refractivity contribution in [1.29, 1.82) is 0 Å². The van der Waals surface area contributed by atoms with Crippen LogP contribution in [0.2, 0.25) is 0 Å². The SMILES string of the molecule is CCS(=O)(=O)N1CC(CNC(=O)N2CCC[C@H]2[C@H]2CCCO2)C1. The van der Waals surface area contributed by atoms with Gasteiger partial charge in [-0.2, -0.15) is 0 Å². The van der Waals surface area contributed by atoms with Gasteiger partial charge < -0.3 is 15.0 Å². The van der Waals surface area contributed by atoms with Crippen molar-refractivity contribution in [2.45, 2.75) is 44.8 Å². The van der Waals surface area contributed by atoms with E-state index < -0.39 is 10.0 Å². The molecule has 1 N–H and O–H groups in total. The first-order valence-electron chi connectivity index (χ1n) is 8.65. The van der Waals surface area contributed by atoms with E-state index in [1.807, 2.05) is 4.90 Å². The lowest BCUT2D eigenvalue weighted by Crippen LogP contribution is -2.55. The number of amides is 2. The third-order valence-electron chi connectivity index (χ3n) is 5.18. The minimum absolute atomic E-state index is 0.0280. The Morgan fingerprint density at radius 1 is 1.26 bits per heavy atom. The Labute approximate surface area is 138 Å². The topological polar surface area (TPSA) is 79.0 Å². The second kappa shape index (κ2) is 6.94. The molecule has 8 heteroatoms. The number of nitrogens with zero attached hydrogens (tertiary/aromatic N) is 2. The lowest BCUT2D eigenvalue weighted by molar-refractivity contribution is 0.0516. The minimum Gasteiger partial charge on any atom is -0.376 e. The number of carbonyl (C=O) groups excluding carboxylic acids is 1. The van der Waals surface area contributed by atoms with Crippen LogP contribution in [0.15, 0.2) is 0 Å². The van der Waals surface area contributed by atoms with Gasteiger partial charge in [-0.05, 0) is 32.6 Å². The van der Waals surface area contributed by atoms with Gasteiger partial charge in [-0.1, -0.05) is 0 Å². The van der Waals surface area contributed by atoms with Crippen molar-refractivity contribution in [2.24, 2.45) is 5.92 Å². The summed E-state index contributed by atoms with van der Waals surface area (Å²) in [6.07, 6.45) is 4.37. The van der Waals surface area contributed by atoms with Crippen LogP contribution in [-0.2, 0) is 14.8 Å². The summed E-state index contributed by atoms with van der Waals surface area (Å²) in [7, 11) is -3.07. The second-order valence-corrected chi connectivity index (χ2v) is 8.98. The zero-order valence-corrected chi connectivity index (χ0v) is 14.6. The largest absolute Gasteiger partial charge is 0.376 e. The lowest BCUT2D eigenvalue weighted by atomic mass is 10.0. The number of hydrogen-bond donors (Lipinski definition) is 1. The summed E-state index contributed by atoms with van der Waals surface area (Å²) in [6.45, 7) is 4.83. The first-order valence-corrected chi connectivity index (χ1v) is 10.3. The predicted molar refractivity (Wildman–Crippen MR) is 86.6 cm³/mol. The zero-order valence-electron chi connectivity index (χ0n) is 13.7. The van der Waals surface area contributed by atoms with E-state index in [1.54, 1.807) is 6.92 Å². The lowest BCUT2D eigenvalue weighted by Gasteiger charge is -2.38. The number of carbonyl (C=O) groups is 1. The number of hydrogen-bond acceptors (Lipinski definition) is 4. The molecule has 0 aliphatic carbocycles. The van der Waals surface area contributed by atoms with Crippen LogP contribution in [0.25, 0.3) is 0 Å². The van der Waals surface area contributed by atoms with Gasteiger partial charge in [0.25, 0.3) is 0 Å². The van der Waals surface area contributed by atoms with Gasteiger partial charge in [0.15, 0.2) is 0 Å². The third-order valence-corrected chi connectivity index (χ3v) is 6.99.